The lowest BCUT2D eigenvalue weighted by atomic mass is 10.1. The summed E-state index contributed by atoms with van der Waals surface area (Å²) < 4.78 is 11.1. The van der Waals surface area contributed by atoms with Crippen LogP contribution in [0, 0.1) is 0 Å². The molecule has 1 amide bonds. The zero-order valence-corrected chi connectivity index (χ0v) is 9.31. The molecule has 5 heteroatoms. The number of hydrogen-bond acceptors (Lipinski definition) is 3. The molecule has 0 aliphatic carbocycles. The summed E-state index contributed by atoms with van der Waals surface area (Å²) in [6, 6.07) is -0.222. The maximum absolute atomic E-state index is 11.4. The molecular weight excluding hydrogens is 200 g/mol. The maximum Gasteiger partial charge on any atom is 0.237 e. The van der Waals surface area contributed by atoms with Crippen molar-refractivity contribution in [2.45, 2.75) is 38.3 Å². The minimum Gasteiger partial charge on any atom is -0.352 e. The van der Waals surface area contributed by atoms with E-state index in [1.807, 2.05) is 6.92 Å². The Morgan fingerprint density at radius 3 is 2.64 bits per heavy atom. The zero-order valence-electron chi connectivity index (χ0n) is 8.49. The molecule has 1 saturated heterocycles. The van der Waals surface area contributed by atoms with Gasteiger partial charge in [0.1, 0.15) is 0 Å². The summed E-state index contributed by atoms with van der Waals surface area (Å²) in [7, 11) is -0.671. The predicted molar refractivity (Wildman–Crippen MR) is 57.3 cm³/mol. The average Bonchev–Trinajstić information content (AvgIpc) is 2.20. The summed E-state index contributed by atoms with van der Waals surface area (Å²) in [5.74, 6) is 1.32. The van der Waals surface area contributed by atoms with Crippen molar-refractivity contribution in [1.29, 1.82) is 0 Å². The highest BCUT2D eigenvalue weighted by molar-refractivity contribution is 7.85. The summed E-state index contributed by atoms with van der Waals surface area (Å²) in [6.45, 7) is 1.89. The first-order valence-corrected chi connectivity index (χ1v) is 6.53. The molecule has 1 atom stereocenters. The van der Waals surface area contributed by atoms with E-state index in [1.54, 1.807) is 0 Å². The highest BCUT2D eigenvalue weighted by atomic mass is 32.2. The van der Waals surface area contributed by atoms with Crippen molar-refractivity contribution in [3.05, 3.63) is 0 Å². The Labute approximate surface area is 87.1 Å². The van der Waals surface area contributed by atoms with Crippen LogP contribution in [0.2, 0.25) is 0 Å². The molecule has 0 aromatic carbocycles. The molecule has 0 aromatic rings. The molecule has 0 radical (unpaired) electrons. The fourth-order valence-corrected chi connectivity index (χ4v) is 2.73. The molecule has 1 heterocycles. The van der Waals surface area contributed by atoms with Crippen LogP contribution in [0.3, 0.4) is 0 Å². The summed E-state index contributed by atoms with van der Waals surface area (Å²) in [6.07, 6.45) is 2.29. The molecule has 4 nitrogen and oxygen atoms in total. The normalized spacial score (nSPS) is 29.6. The standard InChI is InChI=1S/C9H18N2O2S/c1-2-8(10)9(12)11-7-3-5-14(13)6-4-7/h7-8H,2-6,10H2,1H3,(H,11,12)/t7?,8-,14?/m1/s1. The van der Waals surface area contributed by atoms with Gasteiger partial charge in [0.25, 0.3) is 0 Å². The molecule has 1 rings (SSSR count). The molecule has 0 spiro atoms. The molecule has 82 valence electrons. The molecule has 14 heavy (non-hydrogen) atoms. The molecule has 1 aliphatic heterocycles. The van der Waals surface area contributed by atoms with Crippen molar-refractivity contribution in [3.8, 4) is 0 Å². The highest BCUT2D eigenvalue weighted by Gasteiger charge is 2.21. The molecule has 0 unspecified atom stereocenters. The number of carbonyl (C=O) groups is 1. The van der Waals surface area contributed by atoms with Crippen LogP contribution in [0.1, 0.15) is 26.2 Å². The van der Waals surface area contributed by atoms with Crippen LogP contribution in [0.5, 0.6) is 0 Å². The number of hydrogen-bond donors (Lipinski definition) is 2. The van der Waals surface area contributed by atoms with Crippen molar-refractivity contribution in [2.24, 2.45) is 5.73 Å². The van der Waals surface area contributed by atoms with Gasteiger partial charge < -0.3 is 11.1 Å². The number of carbonyl (C=O) groups excluding carboxylic acids is 1. The third kappa shape index (κ3) is 3.38. The Bertz CT molecular complexity index is 223. The quantitative estimate of drug-likeness (QED) is 0.686. The fourth-order valence-electron chi connectivity index (χ4n) is 1.43. The van der Waals surface area contributed by atoms with E-state index in [4.69, 9.17) is 5.73 Å². The van der Waals surface area contributed by atoms with E-state index >= 15 is 0 Å². The van der Waals surface area contributed by atoms with Gasteiger partial charge in [-0.05, 0) is 19.3 Å². The van der Waals surface area contributed by atoms with E-state index in [2.05, 4.69) is 5.32 Å². The van der Waals surface area contributed by atoms with E-state index in [0.29, 0.717) is 17.9 Å². The minimum atomic E-state index is -0.671. The van der Waals surface area contributed by atoms with Crippen molar-refractivity contribution < 1.29 is 9.00 Å². The lowest BCUT2D eigenvalue weighted by Crippen LogP contribution is -2.47. The second kappa shape index (κ2) is 5.46. The highest BCUT2D eigenvalue weighted by Crippen LogP contribution is 2.09. The lowest BCUT2D eigenvalue weighted by molar-refractivity contribution is -0.123. The largest absolute Gasteiger partial charge is 0.352 e. The summed E-state index contributed by atoms with van der Waals surface area (Å²) >= 11 is 0. The van der Waals surface area contributed by atoms with Crippen LogP contribution < -0.4 is 11.1 Å². The molecule has 0 bridgehead atoms. The second-order valence-electron chi connectivity index (χ2n) is 3.65. The first kappa shape index (κ1) is 11.7. The Balaban J connectivity index is 2.30. The Morgan fingerprint density at radius 2 is 2.14 bits per heavy atom. The number of nitrogens with one attached hydrogen (secondary N) is 1. The summed E-state index contributed by atoms with van der Waals surface area (Å²) in [5, 5.41) is 2.89. The lowest BCUT2D eigenvalue weighted by Gasteiger charge is -2.23. The van der Waals surface area contributed by atoms with Gasteiger partial charge >= 0.3 is 0 Å². The van der Waals surface area contributed by atoms with Crippen LogP contribution in [-0.4, -0.2) is 33.7 Å². The van der Waals surface area contributed by atoms with Crippen LogP contribution in [0.15, 0.2) is 0 Å². The third-order valence-corrected chi connectivity index (χ3v) is 3.89. The first-order chi connectivity index (χ1) is 6.63. The average molecular weight is 218 g/mol. The van der Waals surface area contributed by atoms with Crippen LogP contribution in [-0.2, 0) is 15.6 Å². The number of nitrogens with two attached hydrogens (primary N) is 1. The molecule has 1 fully saturated rings. The van der Waals surface area contributed by atoms with Gasteiger partial charge in [0.2, 0.25) is 5.91 Å². The van der Waals surface area contributed by atoms with Gasteiger partial charge in [0, 0.05) is 28.3 Å². The number of amides is 1. The van der Waals surface area contributed by atoms with Crippen molar-refractivity contribution in [2.75, 3.05) is 11.5 Å². The first-order valence-electron chi connectivity index (χ1n) is 5.04. The van der Waals surface area contributed by atoms with Crippen LogP contribution in [0.4, 0.5) is 0 Å². The molecule has 0 saturated carbocycles. The van der Waals surface area contributed by atoms with E-state index in [1.165, 1.54) is 0 Å². The maximum atomic E-state index is 11.4. The van der Waals surface area contributed by atoms with Gasteiger partial charge in [-0.1, -0.05) is 6.92 Å². The minimum absolute atomic E-state index is 0.0785. The van der Waals surface area contributed by atoms with Gasteiger partial charge in [-0.3, -0.25) is 9.00 Å². The Kier molecular flexibility index (Phi) is 4.54. The van der Waals surface area contributed by atoms with Crippen molar-refractivity contribution in [1.82, 2.24) is 5.32 Å². The van der Waals surface area contributed by atoms with Crippen LogP contribution in [0.25, 0.3) is 0 Å². The van der Waals surface area contributed by atoms with E-state index in [9.17, 15) is 9.00 Å². The van der Waals surface area contributed by atoms with Gasteiger partial charge in [-0.15, -0.1) is 0 Å². The monoisotopic (exact) mass is 218 g/mol. The topological polar surface area (TPSA) is 72.2 Å². The summed E-state index contributed by atoms with van der Waals surface area (Å²) in [5.41, 5.74) is 5.59. The van der Waals surface area contributed by atoms with E-state index < -0.39 is 16.8 Å². The smallest absolute Gasteiger partial charge is 0.237 e. The predicted octanol–water partition coefficient (Wildman–Crippen LogP) is -0.249. The van der Waals surface area contributed by atoms with Crippen molar-refractivity contribution >= 4 is 16.7 Å². The van der Waals surface area contributed by atoms with Crippen LogP contribution >= 0.6 is 0 Å². The van der Waals surface area contributed by atoms with E-state index in [0.717, 1.165) is 12.8 Å². The zero-order chi connectivity index (χ0) is 10.6. The molecular formula is C9H18N2O2S. The Morgan fingerprint density at radius 1 is 1.57 bits per heavy atom. The number of rotatable bonds is 3. The van der Waals surface area contributed by atoms with Gasteiger partial charge in [-0.2, -0.15) is 0 Å². The molecule has 0 aromatic heterocycles. The summed E-state index contributed by atoms with van der Waals surface area (Å²) in [4.78, 5) is 11.4. The molecule has 1 aliphatic rings. The van der Waals surface area contributed by atoms with Gasteiger partial charge in [0.15, 0.2) is 0 Å². The van der Waals surface area contributed by atoms with Crippen molar-refractivity contribution in [3.63, 3.8) is 0 Å². The fraction of sp³-hybridized carbons (Fsp3) is 0.889. The Hall–Kier alpha value is -0.420. The second-order valence-corrected chi connectivity index (χ2v) is 5.34. The van der Waals surface area contributed by atoms with E-state index in [-0.39, 0.29) is 11.9 Å². The van der Waals surface area contributed by atoms with Gasteiger partial charge in [-0.25, -0.2) is 0 Å². The van der Waals surface area contributed by atoms with Gasteiger partial charge in [0.05, 0.1) is 6.04 Å². The molecule has 3 N–H and O–H groups in total. The SMILES string of the molecule is CC[C@@H](N)C(=O)NC1CCS(=O)CC1. The third-order valence-electron chi connectivity index (χ3n) is 2.51.